The number of carbonyl (C=O) groups is 2. The van der Waals surface area contributed by atoms with Crippen molar-refractivity contribution in [3.63, 3.8) is 0 Å². The van der Waals surface area contributed by atoms with Crippen molar-refractivity contribution in [2.24, 2.45) is 0 Å². The number of esters is 1. The summed E-state index contributed by atoms with van der Waals surface area (Å²) in [7, 11) is 0. The fourth-order valence-corrected chi connectivity index (χ4v) is 1.67. The van der Waals surface area contributed by atoms with E-state index in [0.29, 0.717) is 5.56 Å². The molecular weight excluding hydrogens is 282 g/mol. The molecule has 0 heterocycles. The quantitative estimate of drug-likeness (QED) is 0.633. The molecule has 2 aromatic carbocycles. The van der Waals surface area contributed by atoms with Crippen LogP contribution in [0.5, 0.6) is 0 Å². The van der Waals surface area contributed by atoms with Gasteiger partial charge < -0.3 is 15.2 Å². The van der Waals surface area contributed by atoms with Crippen molar-refractivity contribution in [1.29, 1.82) is 0 Å². The number of carbonyl (C=O) groups excluding carboxylic acids is 1. The van der Waals surface area contributed by atoms with E-state index in [4.69, 9.17) is 9.84 Å². The Morgan fingerprint density at radius 3 is 2.18 bits per heavy atom. The minimum Gasteiger partial charge on any atom is -0.478 e. The Morgan fingerprint density at radius 2 is 1.59 bits per heavy atom. The minimum atomic E-state index is -1.15. The van der Waals surface area contributed by atoms with Crippen LogP contribution in [-0.2, 0) is 9.53 Å². The highest BCUT2D eigenvalue weighted by Crippen LogP contribution is 2.08. The van der Waals surface area contributed by atoms with E-state index in [1.807, 2.05) is 18.2 Å². The van der Waals surface area contributed by atoms with Gasteiger partial charge in [-0.15, -0.1) is 0 Å². The van der Waals surface area contributed by atoms with Gasteiger partial charge in [0.1, 0.15) is 6.61 Å². The van der Waals surface area contributed by atoms with Crippen molar-refractivity contribution in [3.8, 4) is 0 Å². The molecule has 5 nitrogen and oxygen atoms in total. The van der Waals surface area contributed by atoms with Crippen molar-refractivity contribution in [2.75, 3.05) is 11.9 Å². The summed E-state index contributed by atoms with van der Waals surface area (Å²) in [6.07, 6.45) is 1.32. The zero-order valence-electron chi connectivity index (χ0n) is 11.7. The third-order valence-electron chi connectivity index (χ3n) is 2.83. The monoisotopic (exact) mass is 297 g/mol. The second-order valence-electron chi connectivity index (χ2n) is 4.43. The number of ether oxygens (including phenoxy) is 1. The molecule has 0 aliphatic heterocycles. The molecule has 0 bridgehead atoms. The first-order valence-electron chi connectivity index (χ1n) is 6.63. The smallest absolute Gasteiger partial charge is 0.338 e. The van der Waals surface area contributed by atoms with Crippen LogP contribution in [0.2, 0.25) is 0 Å². The van der Waals surface area contributed by atoms with Crippen molar-refractivity contribution in [3.05, 3.63) is 78.0 Å². The topological polar surface area (TPSA) is 75.6 Å². The molecule has 0 saturated heterocycles. The number of aliphatic carboxylic acids is 1. The third-order valence-corrected chi connectivity index (χ3v) is 2.83. The average molecular weight is 297 g/mol. The Labute approximate surface area is 127 Å². The molecule has 0 saturated carbocycles. The highest BCUT2D eigenvalue weighted by molar-refractivity contribution is 5.91. The Hall–Kier alpha value is -3.08. The molecule has 0 aliphatic carbocycles. The lowest BCUT2D eigenvalue weighted by Gasteiger charge is -2.07. The molecule has 2 rings (SSSR count). The van der Waals surface area contributed by atoms with E-state index in [2.05, 4.69) is 5.32 Å². The van der Waals surface area contributed by atoms with E-state index in [1.165, 1.54) is 6.20 Å². The van der Waals surface area contributed by atoms with Crippen LogP contribution >= 0.6 is 0 Å². The van der Waals surface area contributed by atoms with Crippen LogP contribution in [-0.4, -0.2) is 23.7 Å². The number of para-hydroxylation sites is 1. The summed E-state index contributed by atoms with van der Waals surface area (Å²) in [6, 6.07) is 17.5. The van der Waals surface area contributed by atoms with Crippen LogP contribution in [0.3, 0.4) is 0 Å². The molecule has 112 valence electrons. The fraction of sp³-hybridized carbons (Fsp3) is 0.0588. The first-order valence-corrected chi connectivity index (χ1v) is 6.63. The van der Waals surface area contributed by atoms with Crippen LogP contribution in [0, 0.1) is 0 Å². The molecule has 0 aliphatic rings. The van der Waals surface area contributed by atoms with Gasteiger partial charge in [-0.1, -0.05) is 36.4 Å². The van der Waals surface area contributed by atoms with Crippen molar-refractivity contribution < 1.29 is 19.4 Å². The Kier molecular flexibility index (Phi) is 5.31. The standard InChI is InChI=1S/C17H15NO4/c19-16(20)14(11-18-15-9-5-2-6-10-15)12-22-17(21)13-7-3-1-4-8-13/h1-11,18H,12H2,(H,19,20). The van der Waals surface area contributed by atoms with E-state index in [0.717, 1.165) is 5.69 Å². The van der Waals surface area contributed by atoms with Gasteiger partial charge in [-0.3, -0.25) is 0 Å². The Balaban J connectivity index is 1.97. The molecule has 2 N–H and O–H groups in total. The summed E-state index contributed by atoms with van der Waals surface area (Å²) in [6.45, 7) is -0.317. The normalized spacial score (nSPS) is 10.8. The lowest BCUT2D eigenvalue weighted by molar-refractivity contribution is -0.133. The minimum absolute atomic E-state index is 0.0480. The van der Waals surface area contributed by atoms with E-state index < -0.39 is 11.9 Å². The molecule has 0 radical (unpaired) electrons. The number of rotatable bonds is 6. The third kappa shape index (κ3) is 4.49. The van der Waals surface area contributed by atoms with Crippen LogP contribution in [0.15, 0.2) is 72.4 Å². The zero-order valence-corrected chi connectivity index (χ0v) is 11.7. The van der Waals surface area contributed by atoms with Gasteiger partial charge in [0.05, 0.1) is 11.1 Å². The first-order chi connectivity index (χ1) is 10.7. The maximum Gasteiger partial charge on any atom is 0.338 e. The number of carboxylic acid groups (broad SMARTS) is 1. The van der Waals surface area contributed by atoms with Crippen LogP contribution < -0.4 is 5.32 Å². The van der Waals surface area contributed by atoms with Gasteiger partial charge in [0.15, 0.2) is 0 Å². The molecule has 0 fully saturated rings. The summed E-state index contributed by atoms with van der Waals surface area (Å²) in [4.78, 5) is 23.0. The number of hydrogen-bond acceptors (Lipinski definition) is 4. The highest BCUT2D eigenvalue weighted by Gasteiger charge is 2.12. The molecule has 0 atom stereocenters. The summed E-state index contributed by atoms with van der Waals surface area (Å²) in [5.74, 6) is -1.71. The number of benzene rings is 2. The van der Waals surface area contributed by atoms with Gasteiger partial charge in [-0.05, 0) is 24.3 Å². The van der Waals surface area contributed by atoms with Crippen LogP contribution in [0.25, 0.3) is 0 Å². The summed E-state index contributed by atoms with van der Waals surface area (Å²) < 4.78 is 5.01. The summed E-state index contributed by atoms with van der Waals surface area (Å²) in [5, 5.41) is 12.0. The van der Waals surface area contributed by atoms with Crippen molar-refractivity contribution in [1.82, 2.24) is 0 Å². The second-order valence-corrected chi connectivity index (χ2v) is 4.43. The lowest BCUT2D eigenvalue weighted by atomic mass is 10.2. The predicted octanol–water partition coefficient (Wildman–Crippen LogP) is 2.92. The predicted molar refractivity (Wildman–Crippen MR) is 82.5 cm³/mol. The number of nitrogens with one attached hydrogen (secondary N) is 1. The van der Waals surface area contributed by atoms with Crippen LogP contribution in [0.4, 0.5) is 5.69 Å². The number of anilines is 1. The van der Waals surface area contributed by atoms with Crippen LogP contribution in [0.1, 0.15) is 10.4 Å². The van der Waals surface area contributed by atoms with Crippen molar-refractivity contribution in [2.45, 2.75) is 0 Å². The summed E-state index contributed by atoms with van der Waals surface area (Å²) >= 11 is 0. The molecule has 5 heteroatoms. The van der Waals surface area contributed by atoms with E-state index in [1.54, 1.807) is 42.5 Å². The second kappa shape index (κ2) is 7.64. The van der Waals surface area contributed by atoms with E-state index in [-0.39, 0.29) is 12.2 Å². The van der Waals surface area contributed by atoms with Crippen molar-refractivity contribution >= 4 is 17.6 Å². The average Bonchev–Trinajstić information content (AvgIpc) is 2.56. The van der Waals surface area contributed by atoms with E-state index >= 15 is 0 Å². The number of hydrogen-bond donors (Lipinski definition) is 2. The molecule has 0 amide bonds. The molecule has 22 heavy (non-hydrogen) atoms. The number of carboxylic acids is 1. The van der Waals surface area contributed by atoms with Gasteiger partial charge >= 0.3 is 11.9 Å². The lowest BCUT2D eigenvalue weighted by Crippen LogP contribution is -2.14. The maximum absolute atomic E-state index is 11.8. The molecule has 0 aromatic heterocycles. The summed E-state index contributed by atoms with van der Waals surface area (Å²) in [5.41, 5.74) is 1.08. The SMILES string of the molecule is O=C(O)C(=CNc1ccccc1)COC(=O)c1ccccc1. The van der Waals surface area contributed by atoms with Gasteiger partial charge in [-0.25, -0.2) is 9.59 Å². The molecule has 2 aromatic rings. The largest absolute Gasteiger partial charge is 0.478 e. The molecule has 0 unspecified atom stereocenters. The zero-order chi connectivity index (χ0) is 15.8. The van der Waals surface area contributed by atoms with Gasteiger partial charge in [-0.2, -0.15) is 0 Å². The maximum atomic E-state index is 11.8. The Morgan fingerprint density at radius 1 is 1.00 bits per heavy atom. The molecule has 0 spiro atoms. The Bertz CT molecular complexity index is 666. The van der Waals surface area contributed by atoms with E-state index in [9.17, 15) is 9.59 Å². The van der Waals surface area contributed by atoms with Gasteiger partial charge in [0.2, 0.25) is 0 Å². The fourth-order valence-electron chi connectivity index (χ4n) is 1.67. The highest BCUT2D eigenvalue weighted by atomic mass is 16.5. The van der Waals surface area contributed by atoms with Gasteiger partial charge in [0, 0.05) is 11.9 Å². The van der Waals surface area contributed by atoms with Gasteiger partial charge in [0.25, 0.3) is 0 Å². The molecular formula is C17H15NO4. The first kappa shape index (κ1) is 15.3.